The van der Waals surface area contributed by atoms with E-state index >= 15 is 4.39 Å². The highest BCUT2D eigenvalue weighted by molar-refractivity contribution is 5.91. The molecule has 1 aromatic rings. The predicted octanol–water partition coefficient (Wildman–Crippen LogP) is 2.17. The average Bonchev–Trinajstić information content (AvgIpc) is 3.57. The molecule has 2 saturated carbocycles. The first-order chi connectivity index (χ1) is 14.4. The molecular weight excluding hydrogens is 389 g/mol. The van der Waals surface area contributed by atoms with Gasteiger partial charge in [0.25, 0.3) is 0 Å². The third-order valence-electron chi connectivity index (χ3n) is 6.76. The second-order valence-corrected chi connectivity index (χ2v) is 8.67. The van der Waals surface area contributed by atoms with Crippen molar-refractivity contribution in [3.05, 3.63) is 29.6 Å². The van der Waals surface area contributed by atoms with Gasteiger partial charge in [-0.3, -0.25) is 4.79 Å². The van der Waals surface area contributed by atoms with E-state index in [1.54, 1.807) is 11.0 Å². The standard InChI is InChI=1S/C22H30FN3O4/c1-30-21(29)26-12-10-25(11-13-26)16-4-7-18(19(23)14-16)22(8-9-22)20(28)24-15-2-5-17(27)6-3-15/h4,7,14-15,17,27H,2-3,5-6,8-13H2,1H3,(H,24,28). The summed E-state index contributed by atoms with van der Waals surface area (Å²) in [5.41, 5.74) is 0.466. The van der Waals surface area contributed by atoms with Gasteiger partial charge in [-0.15, -0.1) is 0 Å². The maximum absolute atomic E-state index is 15.1. The number of nitrogens with one attached hydrogen (secondary N) is 1. The van der Waals surface area contributed by atoms with E-state index in [1.165, 1.54) is 13.2 Å². The molecule has 1 heterocycles. The number of piperazine rings is 1. The molecule has 3 fully saturated rings. The second kappa shape index (κ2) is 8.41. The lowest BCUT2D eigenvalue weighted by molar-refractivity contribution is -0.124. The summed E-state index contributed by atoms with van der Waals surface area (Å²) in [5.74, 6) is -0.447. The Morgan fingerprint density at radius 1 is 1.13 bits per heavy atom. The summed E-state index contributed by atoms with van der Waals surface area (Å²) >= 11 is 0. The Morgan fingerprint density at radius 2 is 1.80 bits per heavy atom. The van der Waals surface area contributed by atoms with Crippen LogP contribution in [0.15, 0.2) is 18.2 Å². The van der Waals surface area contributed by atoms with Crippen LogP contribution in [-0.4, -0.2) is 67.4 Å². The normalized spacial score (nSPS) is 25.6. The van der Waals surface area contributed by atoms with Crippen LogP contribution in [0.3, 0.4) is 0 Å². The molecule has 1 aromatic carbocycles. The number of halogens is 1. The van der Waals surface area contributed by atoms with Crippen molar-refractivity contribution in [1.82, 2.24) is 10.2 Å². The first-order valence-electron chi connectivity index (χ1n) is 10.8. The smallest absolute Gasteiger partial charge is 0.409 e. The number of rotatable bonds is 4. The van der Waals surface area contributed by atoms with Crippen molar-refractivity contribution < 1.29 is 23.8 Å². The topological polar surface area (TPSA) is 82.1 Å². The molecule has 0 unspecified atom stereocenters. The van der Waals surface area contributed by atoms with Gasteiger partial charge in [0.1, 0.15) is 5.82 Å². The minimum atomic E-state index is -0.762. The third-order valence-corrected chi connectivity index (χ3v) is 6.76. The molecule has 2 N–H and O–H groups in total. The molecule has 0 aromatic heterocycles. The zero-order chi connectivity index (χ0) is 21.3. The van der Waals surface area contributed by atoms with Crippen molar-refractivity contribution in [2.45, 2.75) is 56.1 Å². The van der Waals surface area contributed by atoms with Gasteiger partial charge in [-0.1, -0.05) is 6.07 Å². The van der Waals surface area contributed by atoms with E-state index in [0.29, 0.717) is 57.4 Å². The van der Waals surface area contributed by atoms with E-state index in [2.05, 4.69) is 5.32 Å². The van der Waals surface area contributed by atoms with Crippen molar-refractivity contribution >= 4 is 17.7 Å². The minimum absolute atomic E-state index is 0.0619. The summed E-state index contributed by atoms with van der Waals surface area (Å²) in [4.78, 5) is 28.2. The summed E-state index contributed by atoms with van der Waals surface area (Å²) in [6.07, 6.45) is 3.63. The van der Waals surface area contributed by atoms with E-state index in [0.717, 1.165) is 18.5 Å². The fourth-order valence-corrected chi connectivity index (χ4v) is 4.65. The van der Waals surface area contributed by atoms with E-state index in [1.807, 2.05) is 11.0 Å². The van der Waals surface area contributed by atoms with Gasteiger partial charge in [-0.05, 0) is 50.7 Å². The Kier molecular flexibility index (Phi) is 5.86. The number of carbonyl (C=O) groups excluding carboxylic acids is 2. The number of anilines is 1. The van der Waals surface area contributed by atoms with Gasteiger partial charge in [-0.25, -0.2) is 9.18 Å². The van der Waals surface area contributed by atoms with Crippen LogP contribution in [-0.2, 0) is 14.9 Å². The predicted molar refractivity (Wildman–Crippen MR) is 110 cm³/mol. The number of hydrogen-bond donors (Lipinski definition) is 2. The lowest BCUT2D eigenvalue weighted by Gasteiger charge is -2.35. The number of nitrogens with zero attached hydrogens (tertiary/aromatic N) is 2. The summed E-state index contributed by atoms with van der Waals surface area (Å²) in [6.45, 7) is 2.26. The summed E-state index contributed by atoms with van der Waals surface area (Å²) in [7, 11) is 1.37. The molecule has 3 aliphatic rings. The Morgan fingerprint density at radius 3 is 2.37 bits per heavy atom. The number of ether oxygens (including phenoxy) is 1. The molecule has 0 radical (unpaired) electrons. The van der Waals surface area contributed by atoms with Crippen LogP contribution in [0.5, 0.6) is 0 Å². The molecule has 1 saturated heterocycles. The van der Waals surface area contributed by atoms with Crippen molar-refractivity contribution in [3.8, 4) is 0 Å². The second-order valence-electron chi connectivity index (χ2n) is 8.67. The van der Waals surface area contributed by atoms with Crippen LogP contribution in [0.1, 0.15) is 44.1 Å². The Labute approximate surface area is 176 Å². The fourth-order valence-electron chi connectivity index (χ4n) is 4.65. The lowest BCUT2D eigenvalue weighted by Crippen LogP contribution is -2.48. The monoisotopic (exact) mass is 419 g/mol. The van der Waals surface area contributed by atoms with Gasteiger partial charge in [0.2, 0.25) is 5.91 Å². The van der Waals surface area contributed by atoms with Gasteiger partial charge >= 0.3 is 6.09 Å². The summed E-state index contributed by atoms with van der Waals surface area (Å²) in [6, 6.07) is 5.19. The molecular formula is C22H30FN3O4. The largest absolute Gasteiger partial charge is 0.453 e. The Bertz CT molecular complexity index is 798. The number of carbonyl (C=O) groups is 2. The van der Waals surface area contributed by atoms with Crippen LogP contribution in [0.4, 0.5) is 14.9 Å². The molecule has 0 spiro atoms. The van der Waals surface area contributed by atoms with E-state index < -0.39 is 5.41 Å². The van der Waals surface area contributed by atoms with Crippen molar-refractivity contribution in [2.75, 3.05) is 38.2 Å². The lowest BCUT2D eigenvalue weighted by atomic mass is 9.90. The molecule has 0 bridgehead atoms. The van der Waals surface area contributed by atoms with E-state index in [-0.39, 0.29) is 30.0 Å². The number of aliphatic hydroxyl groups is 1. The quantitative estimate of drug-likeness (QED) is 0.782. The molecule has 30 heavy (non-hydrogen) atoms. The molecule has 0 atom stereocenters. The highest BCUT2D eigenvalue weighted by atomic mass is 19.1. The molecule has 164 valence electrons. The van der Waals surface area contributed by atoms with Crippen molar-refractivity contribution in [3.63, 3.8) is 0 Å². The number of methoxy groups -OCH3 is 1. The summed E-state index contributed by atoms with van der Waals surface area (Å²) < 4.78 is 19.8. The SMILES string of the molecule is COC(=O)N1CCN(c2ccc(C3(C(=O)NC4CCC(O)CC4)CC3)c(F)c2)CC1. The Hall–Kier alpha value is -2.35. The van der Waals surface area contributed by atoms with Gasteiger partial charge in [0.05, 0.1) is 18.6 Å². The molecule has 2 aliphatic carbocycles. The van der Waals surface area contributed by atoms with Crippen LogP contribution in [0.25, 0.3) is 0 Å². The Balaban J connectivity index is 1.41. The van der Waals surface area contributed by atoms with Gasteiger partial charge in [-0.2, -0.15) is 0 Å². The maximum atomic E-state index is 15.1. The fraction of sp³-hybridized carbons (Fsp3) is 0.636. The van der Waals surface area contributed by atoms with Crippen molar-refractivity contribution in [1.29, 1.82) is 0 Å². The summed E-state index contributed by atoms with van der Waals surface area (Å²) in [5, 5.41) is 12.7. The first kappa shape index (κ1) is 20.9. The molecule has 2 amide bonds. The van der Waals surface area contributed by atoms with E-state index in [9.17, 15) is 14.7 Å². The molecule has 4 rings (SSSR count). The third kappa shape index (κ3) is 4.10. The molecule has 8 heteroatoms. The minimum Gasteiger partial charge on any atom is -0.453 e. The first-order valence-corrected chi connectivity index (χ1v) is 10.8. The van der Waals surface area contributed by atoms with Crippen LogP contribution >= 0.6 is 0 Å². The van der Waals surface area contributed by atoms with Gasteiger partial charge < -0.3 is 25.0 Å². The average molecular weight is 419 g/mol. The zero-order valence-corrected chi connectivity index (χ0v) is 17.4. The van der Waals surface area contributed by atoms with Crippen LogP contribution in [0.2, 0.25) is 0 Å². The number of amides is 2. The number of aliphatic hydroxyl groups excluding tert-OH is 1. The van der Waals surface area contributed by atoms with Crippen LogP contribution < -0.4 is 10.2 Å². The zero-order valence-electron chi connectivity index (χ0n) is 17.4. The highest BCUT2D eigenvalue weighted by Gasteiger charge is 2.53. The van der Waals surface area contributed by atoms with Gasteiger partial charge in [0, 0.05) is 43.5 Å². The van der Waals surface area contributed by atoms with E-state index in [4.69, 9.17) is 4.74 Å². The van der Waals surface area contributed by atoms with Crippen LogP contribution in [0, 0.1) is 5.82 Å². The van der Waals surface area contributed by atoms with Gasteiger partial charge in [0.15, 0.2) is 0 Å². The molecule has 7 nitrogen and oxygen atoms in total. The molecule has 1 aliphatic heterocycles. The number of hydrogen-bond acceptors (Lipinski definition) is 5. The number of benzene rings is 1. The highest BCUT2D eigenvalue weighted by Crippen LogP contribution is 2.50. The van der Waals surface area contributed by atoms with Crippen molar-refractivity contribution in [2.24, 2.45) is 0 Å². The maximum Gasteiger partial charge on any atom is 0.409 e.